The van der Waals surface area contributed by atoms with Crippen molar-refractivity contribution in [3.05, 3.63) is 65.2 Å². The second-order valence-corrected chi connectivity index (χ2v) is 8.95. The Labute approximate surface area is 175 Å². The first-order chi connectivity index (χ1) is 13.9. The van der Waals surface area contributed by atoms with E-state index in [9.17, 15) is 13.2 Å². The third-order valence-electron chi connectivity index (χ3n) is 4.57. The number of carbonyl (C=O) groups excluding carboxylic acids is 1. The summed E-state index contributed by atoms with van der Waals surface area (Å²) in [7, 11) is -3.55. The summed E-state index contributed by atoms with van der Waals surface area (Å²) in [5, 5.41) is 4.48. The van der Waals surface area contributed by atoms with Crippen LogP contribution in [0.4, 0.5) is 0 Å². The minimum atomic E-state index is -3.55. The molecule has 0 saturated carbocycles. The minimum absolute atomic E-state index is 0.227. The van der Waals surface area contributed by atoms with Gasteiger partial charge in [-0.15, -0.1) is 0 Å². The first-order valence-corrected chi connectivity index (χ1v) is 11.0. The topological polar surface area (TPSA) is 79.3 Å². The largest absolute Gasteiger partial charge is 0.383 e. The highest BCUT2D eigenvalue weighted by atomic mass is 35.5. The molecule has 1 saturated heterocycles. The molecule has 1 heterocycles. The number of hydrogen-bond acceptors (Lipinski definition) is 5. The highest BCUT2D eigenvalue weighted by Gasteiger charge is 2.31. The first kappa shape index (κ1) is 21.3. The van der Waals surface area contributed by atoms with Crippen LogP contribution in [0, 0.1) is 0 Å². The van der Waals surface area contributed by atoms with Crippen LogP contribution in [0.15, 0.2) is 64.6 Å². The van der Waals surface area contributed by atoms with Gasteiger partial charge >= 0.3 is 0 Å². The molecule has 1 unspecified atom stereocenters. The van der Waals surface area contributed by atoms with Crippen LogP contribution < -0.4 is 0 Å². The number of benzene rings is 2. The quantitative estimate of drug-likeness (QED) is 0.516. The number of carbonyl (C=O) groups is 1. The van der Waals surface area contributed by atoms with Crippen molar-refractivity contribution in [3.8, 4) is 0 Å². The summed E-state index contributed by atoms with van der Waals surface area (Å²) >= 11 is 5.83. The van der Waals surface area contributed by atoms with Crippen LogP contribution in [-0.2, 0) is 19.7 Å². The molecular formula is C20H22ClN3O4S. The Morgan fingerprint density at radius 2 is 1.69 bits per heavy atom. The molecule has 0 aliphatic carbocycles. The number of halogens is 1. The first-order valence-electron chi connectivity index (χ1n) is 9.16. The summed E-state index contributed by atoms with van der Waals surface area (Å²) < 4.78 is 26.7. The van der Waals surface area contributed by atoms with Crippen molar-refractivity contribution >= 4 is 33.7 Å². The van der Waals surface area contributed by atoms with E-state index < -0.39 is 16.1 Å². The summed E-state index contributed by atoms with van der Waals surface area (Å²) in [6.45, 7) is 2.71. The third-order valence-corrected chi connectivity index (χ3v) is 6.73. The Bertz CT molecular complexity index is 957. The molecule has 1 aliphatic rings. The van der Waals surface area contributed by atoms with E-state index in [2.05, 4.69) is 5.16 Å². The van der Waals surface area contributed by atoms with Crippen LogP contribution in [0.1, 0.15) is 12.5 Å². The summed E-state index contributed by atoms with van der Waals surface area (Å²) in [6, 6.07) is 15.3. The van der Waals surface area contributed by atoms with Gasteiger partial charge in [-0.1, -0.05) is 47.1 Å². The maximum Gasteiger partial charge on any atom is 0.266 e. The highest BCUT2D eigenvalue weighted by molar-refractivity contribution is 7.89. The lowest BCUT2D eigenvalue weighted by atomic mass is 10.2. The van der Waals surface area contributed by atoms with E-state index in [1.165, 1.54) is 10.5 Å². The predicted octanol–water partition coefficient (Wildman–Crippen LogP) is 2.61. The molecule has 1 atom stereocenters. The second-order valence-electron chi connectivity index (χ2n) is 6.58. The monoisotopic (exact) mass is 435 g/mol. The van der Waals surface area contributed by atoms with Gasteiger partial charge in [0.05, 0.1) is 11.1 Å². The van der Waals surface area contributed by atoms with Gasteiger partial charge in [0.2, 0.25) is 16.1 Å². The predicted molar refractivity (Wildman–Crippen MR) is 111 cm³/mol. The van der Waals surface area contributed by atoms with Crippen molar-refractivity contribution in [2.45, 2.75) is 17.9 Å². The number of hydrogen-bond donors (Lipinski definition) is 0. The number of nitrogens with zero attached hydrogens (tertiary/aromatic N) is 3. The fourth-order valence-corrected chi connectivity index (χ4v) is 4.49. The number of sulfonamides is 1. The van der Waals surface area contributed by atoms with Crippen LogP contribution in [0.3, 0.4) is 0 Å². The highest BCUT2D eigenvalue weighted by Crippen LogP contribution is 2.17. The molecule has 7 nitrogen and oxygen atoms in total. The van der Waals surface area contributed by atoms with Crippen LogP contribution in [0.5, 0.6) is 0 Å². The Balaban J connectivity index is 1.52. The van der Waals surface area contributed by atoms with Gasteiger partial charge < -0.3 is 9.74 Å². The molecule has 2 aromatic rings. The Morgan fingerprint density at radius 1 is 1.07 bits per heavy atom. The number of piperazine rings is 1. The molecule has 1 aliphatic heterocycles. The standard InChI is InChI=1S/C20H22ClN3O4S/c1-16(28-22-15-17-7-9-18(21)10-8-17)20(25)23-11-13-24(14-12-23)29(26,27)19-5-3-2-4-6-19/h2-10,15-16H,11-14H2,1H3. The molecule has 1 amide bonds. The Morgan fingerprint density at radius 3 is 2.31 bits per heavy atom. The molecular weight excluding hydrogens is 414 g/mol. The average Bonchev–Trinajstić information content (AvgIpc) is 2.75. The molecule has 0 aromatic heterocycles. The maximum atomic E-state index is 12.7. The van der Waals surface area contributed by atoms with Crippen LogP contribution >= 0.6 is 11.6 Å². The molecule has 0 N–H and O–H groups in total. The lowest BCUT2D eigenvalue weighted by Gasteiger charge is -2.34. The molecule has 0 bridgehead atoms. The normalized spacial score (nSPS) is 16.7. The van der Waals surface area contributed by atoms with Gasteiger partial charge in [-0.25, -0.2) is 8.42 Å². The zero-order chi connectivity index (χ0) is 20.9. The lowest BCUT2D eigenvalue weighted by Crippen LogP contribution is -2.52. The van der Waals surface area contributed by atoms with Crippen molar-refractivity contribution in [2.24, 2.45) is 5.16 Å². The van der Waals surface area contributed by atoms with Gasteiger partial charge in [-0.2, -0.15) is 4.31 Å². The Hall–Kier alpha value is -2.42. The second kappa shape index (κ2) is 9.39. The molecule has 0 spiro atoms. The summed E-state index contributed by atoms with van der Waals surface area (Å²) in [5.74, 6) is -0.227. The van der Waals surface area contributed by atoms with E-state index in [4.69, 9.17) is 16.4 Å². The van der Waals surface area contributed by atoms with Crippen molar-refractivity contribution in [1.82, 2.24) is 9.21 Å². The summed E-state index contributed by atoms with van der Waals surface area (Å²) in [6.07, 6.45) is 0.737. The van der Waals surface area contributed by atoms with E-state index in [0.717, 1.165) is 5.56 Å². The molecule has 29 heavy (non-hydrogen) atoms. The van der Waals surface area contributed by atoms with Gasteiger partial charge in [-0.3, -0.25) is 4.79 Å². The van der Waals surface area contributed by atoms with Gasteiger partial charge in [0.15, 0.2) is 0 Å². The fraction of sp³-hybridized carbons (Fsp3) is 0.300. The molecule has 0 radical (unpaired) electrons. The van der Waals surface area contributed by atoms with Crippen molar-refractivity contribution in [1.29, 1.82) is 0 Å². The number of rotatable bonds is 6. The zero-order valence-electron chi connectivity index (χ0n) is 15.9. The van der Waals surface area contributed by atoms with E-state index in [1.54, 1.807) is 66.4 Å². The van der Waals surface area contributed by atoms with E-state index >= 15 is 0 Å². The molecule has 154 valence electrons. The van der Waals surface area contributed by atoms with Crippen molar-refractivity contribution < 1.29 is 18.0 Å². The summed E-state index contributed by atoms with van der Waals surface area (Å²) in [4.78, 5) is 19.7. The van der Waals surface area contributed by atoms with Crippen LogP contribution in [0.2, 0.25) is 5.02 Å². The summed E-state index contributed by atoms with van der Waals surface area (Å²) in [5.41, 5.74) is 0.800. The lowest BCUT2D eigenvalue weighted by molar-refractivity contribution is -0.143. The Kier molecular flexibility index (Phi) is 6.89. The van der Waals surface area contributed by atoms with E-state index in [-0.39, 0.29) is 23.9 Å². The smallest absolute Gasteiger partial charge is 0.266 e. The zero-order valence-corrected chi connectivity index (χ0v) is 17.5. The third kappa shape index (κ3) is 5.35. The minimum Gasteiger partial charge on any atom is -0.383 e. The van der Waals surface area contributed by atoms with Gasteiger partial charge in [-0.05, 0) is 36.8 Å². The maximum absolute atomic E-state index is 12.7. The molecule has 1 fully saturated rings. The van der Waals surface area contributed by atoms with Crippen LogP contribution in [0.25, 0.3) is 0 Å². The fourth-order valence-electron chi connectivity index (χ4n) is 2.92. The van der Waals surface area contributed by atoms with Crippen molar-refractivity contribution in [3.63, 3.8) is 0 Å². The number of oxime groups is 1. The molecule has 3 rings (SSSR count). The van der Waals surface area contributed by atoms with E-state index in [1.807, 2.05) is 0 Å². The van der Waals surface area contributed by atoms with Gasteiger partial charge in [0.1, 0.15) is 0 Å². The van der Waals surface area contributed by atoms with Gasteiger partial charge in [0, 0.05) is 31.2 Å². The number of amides is 1. The van der Waals surface area contributed by atoms with Gasteiger partial charge in [0.25, 0.3) is 5.91 Å². The van der Waals surface area contributed by atoms with Crippen LogP contribution in [-0.4, -0.2) is 62.0 Å². The molecule has 9 heteroatoms. The average molecular weight is 436 g/mol. The van der Waals surface area contributed by atoms with E-state index in [0.29, 0.717) is 18.1 Å². The molecule has 2 aromatic carbocycles. The SMILES string of the molecule is CC(ON=Cc1ccc(Cl)cc1)C(=O)N1CCN(S(=O)(=O)c2ccccc2)CC1. The van der Waals surface area contributed by atoms with Crippen molar-refractivity contribution in [2.75, 3.05) is 26.2 Å².